The second-order valence-electron chi connectivity index (χ2n) is 7.65. The van der Waals surface area contributed by atoms with Gasteiger partial charge in [-0.3, -0.25) is 14.9 Å². The Kier molecular flexibility index (Phi) is 5.80. The molecule has 0 unspecified atom stereocenters. The number of nitrogens with zero attached hydrogens (tertiary/aromatic N) is 2. The lowest BCUT2D eigenvalue weighted by molar-refractivity contribution is 0.102. The average molecular weight is 434 g/mol. The number of benzene rings is 2. The van der Waals surface area contributed by atoms with E-state index >= 15 is 0 Å². The van der Waals surface area contributed by atoms with E-state index in [0.717, 1.165) is 35.7 Å². The van der Waals surface area contributed by atoms with E-state index < -0.39 is 0 Å². The molecule has 4 aromatic rings. The summed E-state index contributed by atoms with van der Waals surface area (Å²) >= 11 is 0. The number of carbonyl (C=O) groups excluding carboxylic acids is 1. The van der Waals surface area contributed by atoms with Crippen molar-refractivity contribution in [3.8, 4) is 5.75 Å². The molecule has 2 aromatic carbocycles. The highest BCUT2D eigenvalue weighted by Gasteiger charge is 2.17. The summed E-state index contributed by atoms with van der Waals surface area (Å²) in [6, 6.07) is 22.3. The lowest BCUT2D eigenvalue weighted by atomic mass is 10.00. The molecule has 6 nitrogen and oxygen atoms in total. The summed E-state index contributed by atoms with van der Waals surface area (Å²) in [5.41, 5.74) is 5.21. The number of anilines is 1. The molecule has 0 radical (unpaired) electrons. The molecular weight excluding hydrogens is 412 g/mol. The minimum atomic E-state index is -0.155. The predicted molar refractivity (Wildman–Crippen MR) is 130 cm³/mol. The van der Waals surface area contributed by atoms with Crippen molar-refractivity contribution in [2.24, 2.45) is 0 Å². The highest BCUT2D eigenvalue weighted by Crippen LogP contribution is 2.29. The van der Waals surface area contributed by atoms with Crippen LogP contribution in [-0.4, -0.2) is 21.1 Å². The van der Waals surface area contributed by atoms with Gasteiger partial charge in [0.15, 0.2) is 0 Å². The summed E-state index contributed by atoms with van der Waals surface area (Å²) in [5, 5.41) is 10.5. The fraction of sp³-hybridized carbons (Fsp3) is 0.0741. The molecule has 2 N–H and O–H groups in total. The SMILES string of the molecule is O=C(Nc1cccc(OC2=Cc3[nH]nc(C=Cc4ccccn4)c3CC2)c1)c1ccccc1. The summed E-state index contributed by atoms with van der Waals surface area (Å²) in [6.45, 7) is 0. The standard InChI is InChI=1S/C27H22N4O2/c32-27(19-7-2-1-3-8-19)29-21-10-6-11-22(17-21)33-23-13-14-24-25(30-31-26(24)18-23)15-12-20-9-4-5-16-28-20/h1-12,15-18H,13-14H2,(H,29,32)(H,30,31). The Balaban J connectivity index is 1.28. The van der Waals surface area contributed by atoms with Crippen molar-refractivity contribution in [2.75, 3.05) is 5.32 Å². The van der Waals surface area contributed by atoms with Crippen molar-refractivity contribution in [3.05, 3.63) is 113 Å². The maximum absolute atomic E-state index is 12.4. The first-order chi connectivity index (χ1) is 16.2. The average Bonchev–Trinajstić information content (AvgIpc) is 3.26. The van der Waals surface area contributed by atoms with Gasteiger partial charge in [-0.2, -0.15) is 5.10 Å². The van der Waals surface area contributed by atoms with Crippen molar-refractivity contribution in [2.45, 2.75) is 12.8 Å². The fourth-order valence-corrected chi connectivity index (χ4v) is 3.70. The van der Waals surface area contributed by atoms with Gasteiger partial charge in [0, 0.05) is 41.6 Å². The Morgan fingerprint density at radius 2 is 1.85 bits per heavy atom. The third-order valence-corrected chi connectivity index (χ3v) is 5.33. The monoisotopic (exact) mass is 434 g/mol. The normalized spacial score (nSPS) is 12.8. The molecule has 1 aliphatic rings. The van der Waals surface area contributed by atoms with Crippen molar-refractivity contribution < 1.29 is 9.53 Å². The number of aromatic amines is 1. The lowest BCUT2D eigenvalue weighted by Gasteiger charge is -2.15. The number of H-pyrrole nitrogens is 1. The molecular formula is C27H22N4O2. The topological polar surface area (TPSA) is 79.9 Å². The molecule has 33 heavy (non-hydrogen) atoms. The van der Waals surface area contributed by atoms with Crippen LogP contribution in [0.4, 0.5) is 5.69 Å². The Bertz CT molecular complexity index is 1320. The van der Waals surface area contributed by atoms with Gasteiger partial charge in [0.05, 0.1) is 17.1 Å². The number of fused-ring (bicyclic) bond motifs is 1. The number of pyridine rings is 1. The van der Waals surface area contributed by atoms with Crippen LogP contribution in [0.3, 0.4) is 0 Å². The van der Waals surface area contributed by atoms with Crippen molar-refractivity contribution in [3.63, 3.8) is 0 Å². The van der Waals surface area contributed by atoms with E-state index in [0.29, 0.717) is 17.0 Å². The molecule has 0 fully saturated rings. The van der Waals surface area contributed by atoms with E-state index in [2.05, 4.69) is 20.5 Å². The first-order valence-corrected chi connectivity index (χ1v) is 10.8. The van der Waals surface area contributed by atoms with Crippen LogP contribution in [0.1, 0.15) is 39.4 Å². The van der Waals surface area contributed by atoms with Crippen LogP contribution in [0.25, 0.3) is 18.2 Å². The Labute approximate surface area is 191 Å². The number of hydrogen-bond donors (Lipinski definition) is 2. The number of nitrogens with one attached hydrogen (secondary N) is 2. The number of hydrogen-bond acceptors (Lipinski definition) is 4. The highest BCUT2D eigenvalue weighted by atomic mass is 16.5. The number of ether oxygens (including phenoxy) is 1. The molecule has 162 valence electrons. The number of aromatic nitrogens is 3. The molecule has 0 atom stereocenters. The summed E-state index contributed by atoms with van der Waals surface area (Å²) in [4.78, 5) is 16.7. The van der Waals surface area contributed by atoms with E-state index in [-0.39, 0.29) is 5.91 Å². The quantitative estimate of drug-likeness (QED) is 0.414. The van der Waals surface area contributed by atoms with Crippen LogP contribution in [0.5, 0.6) is 5.75 Å². The minimum Gasteiger partial charge on any atom is -0.462 e. The zero-order chi connectivity index (χ0) is 22.5. The van der Waals surface area contributed by atoms with Gasteiger partial charge in [0.2, 0.25) is 0 Å². The highest BCUT2D eigenvalue weighted by molar-refractivity contribution is 6.04. The van der Waals surface area contributed by atoms with E-state index in [1.807, 2.05) is 78.9 Å². The molecule has 0 aliphatic heterocycles. The fourth-order valence-electron chi connectivity index (χ4n) is 3.70. The summed E-state index contributed by atoms with van der Waals surface area (Å²) < 4.78 is 6.11. The number of amides is 1. The van der Waals surface area contributed by atoms with Crippen LogP contribution in [0, 0.1) is 0 Å². The first-order valence-electron chi connectivity index (χ1n) is 10.8. The Morgan fingerprint density at radius 3 is 2.70 bits per heavy atom. The molecule has 2 aromatic heterocycles. The maximum atomic E-state index is 12.4. The van der Waals surface area contributed by atoms with Gasteiger partial charge in [-0.25, -0.2) is 0 Å². The van der Waals surface area contributed by atoms with Gasteiger partial charge in [-0.15, -0.1) is 0 Å². The lowest BCUT2D eigenvalue weighted by Crippen LogP contribution is -2.11. The van der Waals surface area contributed by atoms with E-state index in [1.54, 1.807) is 18.3 Å². The first kappa shape index (κ1) is 20.5. The van der Waals surface area contributed by atoms with Crippen LogP contribution < -0.4 is 10.1 Å². The summed E-state index contributed by atoms with van der Waals surface area (Å²) in [7, 11) is 0. The second-order valence-corrected chi connectivity index (χ2v) is 7.65. The van der Waals surface area contributed by atoms with Gasteiger partial charge in [0.25, 0.3) is 5.91 Å². The largest absolute Gasteiger partial charge is 0.462 e. The Morgan fingerprint density at radius 1 is 0.970 bits per heavy atom. The molecule has 0 saturated carbocycles. The van der Waals surface area contributed by atoms with Gasteiger partial charge in [-0.1, -0.05) is 30.3 Å². The predicted octanol–water partition coefficient (Wildman–Crippen LogP) is 5.59. The van der Waals surface area contributed by atoms with Gasteiger partial charge < -0.3 is 10.1 Å². The molecule has 0 saturated heterocycles. The minimum absolute atomic E-state index is 0.155. The van der Waals surface area contributed by atoms with E-state index in [1.165, 1.54) is 5.56 Å². The van der Waals surface area contributed by atoms with Gasteiger partial charge in [-0.05, 0) is 55.0 Å². The van der Waals surface area contributed by atoms with Crippen LogP contribution >= 0.6 is 0 Å². The van der Waals surface area contributed by atoms with Crippen LogP contribution in [0.2, 0.25) is 0 Å². The van der Waals surface area contributed by atoms with Crippen LogP contribution in [0.15, 0.2) is 84.8 Å². The smallest absolute Gasteiger partial charge is 0.255 e. The van der Waals surface area contributed by atoms with Crippen molar-refractivity contribution in [1.82, 2.24) is 15.2 Å². The summed E-state index contributed by atoms with van der Waals surface area (Å²) in [5.74, 6) is 1.36. The maximum Gasteiger partial charge on any atom is 0.255 e. The van der Waals surface area contributed by atoms with Crippen LogP contribution in [-0.2, 0) is 6.42 Å². The summed E-state index contributed by atoms with van der Waals surface area (Å²) in [6.07, 6.45) is 9.28. The molecule has 2 heterocycles. The molecule has 6 heteroatoms. The van der Waals surface area contributed by atoms with E-state index in [9.17, 15) is 4.79 Å². The number of carbonyl (C=O) groups is 1. The third kappa shape index (κ3) is 4.91. The zero-order valence-electron chi connectivity index (χ0n) is 17.9. The van der Waals surface area contributed by atoms with Gasteiger partial charge >= 0.3 is 0 Å². The molecule has 0 spiro atoms. The second kappa shape index (κ2) is 9.36. The van der Waals surface area contributed by atoms with Gasteiger partial charge in [0.1, 0.15) is 11.5 Å². The Hall–Kier alpha value is -4.45. The molecule has 0 bridgehead atoms. The molecule has 5 rings (SSSR count). The van der Waals surface area contributed by atoms with Crippen molar-refractivity contribution >= 4 is 29.8 Å². The zero-order valence-corrected chi connectivity index (χ0v) is 17.9. The molecule has 1 aliphatic carbocycles. The third-order valence-electron chi connectivity index (χ3n) is 5.33. The molecule has 1 amide bonds. The number of allylic oxidation sites excluding steroid dienone is 1. The van der Waals surface area contributed by atoms with Crippen molar-refractivity contribution in [1.29, 1.82) is 0 Å². The van der Waals surface area contributed by atoms with E-state index in [4.69, 9.17) is 4.74 Å². The number of rotatable bonds is 6.